The van der Waals surface area contributed by atoms with Crippen molar-refractivity contribution < 1.29 is 14.3 Å². The van der Waals surface area contributed by atoms with Gasteiger partial charge in [-0.15, -0.1) is 11.6 Å². The van der Waals surface area contributed by atoms with Crippen molar-refractivity contribution in [3.05, 3.63) is 12.2 Å². The van der Waals surface area contributed by atoms with Crippen molar-refractivity contribution in [2.24, 2.45) is 0 Å². The molecule has 0 atom stereocenters. The molecule has 0 bridgehead atoms. The molecule has 94 valence electrons. The third-order valence-electron chi connectivity index (χ3n) is 1.98. The highest BCUT2D eigenvalue weighted by molar-refractivity contribution is 6.17. The molecule has 0 aromatic rings. The van der Waals surface area contributed by atoms with E-state index >= 15 is 0 Å². The van der Waals surface area contributed by atoms with Gasteiger partial charge >= 0.3 is 5.97 Å². The van der Waals surface area contributed by atoms with Gasteiger partial charge in [-0.25, -0.2) is 4.79 Å². The SMILES string of the molecule is C=C(C)C(=O)OCCOCCCCCCCl. The number of rotatable bonds is 10. The fraction of sp³-hybridized carbons (Fsp3) is 0.750. The normalized spacial score (nSPS) is 10.1. The van der Waals surface area contributed by atoms with Crippen LogP contribution in [0.5, 0.6) is 0 Å². The lowest BCUT2D eigenvalue weighted by Crippen LogP contribution is -2.11. The van der Waals surface area contributed by atoms with Gasteiger partial charge in [-0.1, -0.05) is 19.4 Å². The van der Waals surface area contributed by atoms with Gasteiger partial charge in [0.2, 0.25) is 0 Å². The Morgan fingerprint density at radius 2 is 1.81 bits per heavy atom. The van der Waals surface area contributed by atoms with E-state index in [9.17, 15) is 4.79 Å². The number of carbonyl (C=O) groups is 1. The maximum atomic E-state index is 11.0. The summed E-state index contributed by atoms with van der Waals surface area (Å²) in [6.45, 7) is 6.58. The summed E-state index contributed by atoms with van der Waals surface area (Å²) in [5.41, 5.74) is 0.418. The van der Waals surface area contributed by atoms with Crippen molar-refractivity contribution in [2.45, 2.75) is 32.6 Å². The van der Waals surface area contributed by atoms with Crippen LogP contribution in [0.1, 0.15) is 32.6 Å². The number of ether oxygens (including phenoxy) is 2. The van der Waals surface area contributed by atoms with Gasteiger partial charge in [-0.3, -0.25) is 0 Å². The maximum Gasteiger partial charge on any atom is 0.333 e. The zero-order valence-corrected chi connectivity index (χ0v) is 10.7. The van der Waals surface area contributed by atoms with Crippen LogP contribution in [-0.4, -0.2) is 31.7 Å². The second-order valence-corrected chi connectivity index (χ2v) is 4.01. The van der Waals surface area contributed by atoms with Crippen LogP contribution in [0, 0.1) is 0 Å². The summed E-state index contributed by atoms with van der Waals surface area (Å²) in [6.07, 6.45) is 4.39. The van der Waals surface area contributed by atoms with E-state index in [1.807, 2.05) is 0 Å². The minimum atomic E-state index is -0.356. The molecule has 0 unspecified atom stereocenters. The largest absolute Gasteiger partial charge is 0.460 e. The van der Waals surface area contributed by atoms with Crippen LogP contribution in [0.4, 0.5) is 0 Å². The summed E-state index contributed by atoms with van der Waals surface area (Å²) in [4.78, 5) is 11.0. The molecule has 3 nitrogen and oxygen atoms in total. The first kappa shape index (κ1) is 15.5. The van der Waals surface area contributed by atoms with Crippen LogP contribution in [0.3, 0.4) is 0 Å². The van der Waals surface area contributed by atoms with Gasteiger partial charge in [0, 0.05) is 18.1 Å². The molecule has 0 aliphatic carbocycles. The van der Waals surface area contributed by atoms with Crippen molar-refractivity contribution in [3.8, 4) is 0 Å². The fourth-order valence-electron chi connectivity index (χ4n) is 1.07. The van der Waals surface area contributed by atoms with Crippen molar-refractivity contribution in [3.63, 3.8) is 0 Å². The lowest BCUT2D eigenvalue weighted by molar-refractivity contribution is -0.140. The second-order valence-electron chi connectivity index (χ2n) is 3.63. The van der Waals surface area contributed by atoms with Gasteiger partial charge in [0.1, 0.15) is 6.61 Å². The lowest BCUT2D eigenvalue weighted by atomic mass is 10.2. The molecule has 0 radical (unpaired) electrons. The van der Waals surface area contributed by atoms with Crippen LogP contribution in [-0.2, 0) is 14.3 Å². The van der Waals surface area contributed by atoms with Crippen LogP contribution in [0.2, 0.25) is 0 Å². The van der Waals surface area contributed by atoms with E-state index < -0.39 is 0 Å². The first-order valence-corrected chi connectivity index (χ1v) is 6.18. The fourth-order valence-corrected chi connectivity index (χ4v) is 1.26. The number of carbonyl (C=O) groups excluding carboxylic acids is 1. The predicted molar refractivity (Wildman–Crippen MR) is 65.8 cm³/mol. The van der Waals surface area contributed by atoms with Gasteiger partial charge < -0.3 is 9.47 Å². The average molecular weight is 249 g/mol. The van der Waals surface area contributed by atoms with E-state index in [4.69, 9.17) is 21.1 Å². The summed E-state index contributed by atoms with van der Waals surface area (Å²) in [6, 6.07) is 0. The molecular weight excluding hydrogens is 228 g/mol. The topological polar surface area (TPSA) is 35.5 Å². The Kier molecular flexibility index (Phi) is 10.6. The number of halogens is 1. The van der Waals surface area contributed by atoms with Gasteiger partial charge in [-0.2, -0.15) is 0 Å². The minimum absolute atomic E-state index is 0.299. The molecule has 0 aliphatic rings. The Balaban J connectivity index is 3.10. The molecule has 0 amide bonds. The first-order valence-electron chi connectivity index (χ1n) is 5.65. The van der Waals surface area contributed by atoms with E-state index in [1.54, 1.807) is 6.92 Å². The summed E-state index contributed by atoms with van der Waals surface area (Å²) in [5, 5.41) is 0. The van der Waals surface area contributed by atoms with E-state index in [1.165, 1.54) is 0 Å². The summed E-state index contributed by atoms with van der Waals surface area (Å²) >= 11 is 5.55. The van der Waals surface area contributed by atoms with Crippen molar-refractivity contribution >= 4 is 17.6 Å². The summed E-state index contributed by atoms with van der Waals surface area (Å²) in [7, 11) is 0. The monoisotopic (exact) mass is 248 g/mol. The predicted octanol–water partition coefficient (Wildman–Crippen LogP) is 2.92. The second kappa shape index (κ2) is 11.0. The van der Waals surface area contributed by atoms with Crippen molar-refractivity contribution in [2.75, 3.05) is 25.7 Å². The Labute approximate surface area is 103 Å². The lowest BCUT2D eigenvalue weighted by Gasteiger charge is -2.05. The molecule has 16 heavy (non-hydrogen) atoms. The molecule has 0 aromatic heterocycles. The summed E-state index contributed by atoms with van der Waals surface area (Å²) in [5.74, 6) is 0.378. The molecule has 0 aliphatic heterocycles. The highest BCUT2D eigenvalue weighted by atomic mass is 35.5. The molecule has 0 aromatic carbocycles. The number of unbranched alkanes of at least 4 members (excludes halogenated alkanes) is 3. The smallest absolute Gasteiger partial charge is 0.333 e. The molecule has 4 heteroatoms. The van der Waals surface area contributed by atoms with Crippen LogP contribution < -0.4 is 0 Å². The summed E-state index contributed by atoms with van der Waals surface area (Å²) < 4.78 is 10.2. The average Bonchev–Trinajstić information content (AvgIpc) is 2.26. The molecule has 0 heterocycles. The third kappa shape index (κ3) is 9.99. The zero-order valence-electron chi connectivity index (χ0n) is 9.97. The van der Waals surface area contributed by atoms with Crippen LogP contribution in [0.25, 0.3) is 0 Å². The quantitative estimate of drug-likeness (QED) is 0.258. The Hall–Kier alpha value is -0.540. The molecule has 0 rings (SSSR count). The maximum absolute atomic E-state index is 11.0. The van der Waals surface area contributed by atoms with E-state index in [0.29, 0.717) is 25.4 Å². The van der Waals surface area contributed by atoms with Gasteiger partial charge in [0.15, 0.2) is 0 Å². The molecule has 0 saturated heterocycles. The number of alkyl halides is 1. The van der Waals surface area contributed by atoms with E-state index in [-0.39, 0.29) is 5.97 Å². The van der Waals surface area contributed by atoms with E-state index in [0.717, 1.165) is 31.6 Å². The van der Waals surface area contributed by atoms with Gasteiger partial charge in [0.05, 0.1) is 6.61 Å². The first-order chi connectivity index (χ1) is 7.68. The highest BCUT2D eigenvalue weighted by Gasteiger charge is 2.01. The Bertz CT molecular complexity index is 204. The van der Waals surface area contributed by atoms with E-state index in [2.05, 4.69) is 6.58 Å². The van der Waals surface area contributed by atoms with Crippen LogP contribution >= 0.6 is 11.6 Å². The molecule has 0 N–H and O–H groups in total. The molecular formula is C12H21ClO3. The van der Waals surface area contributed by atoms with Crippen molar-refractivity contribution in [1.29, 1.82) is 0 Å². The Morgan fingerprint density at radius 1 is 1.12 bits per heavy atom. The Morgan fingerprint density at radius 3 is 2.44 bits per heavy atom. The van der Waals surface area contributed by atoms with Gasteiger partial charge in [0.25, 0.3) is 0 Å². The molecule has 0 spiro atoms. The zero-order chi connectivity index (χ0) is 12.2. The number of esters is 1. The van der Waals surface area contributed by atoms with Crippen molar-refractivity contribution in [1.82, 2.24) is 0 Å². The van der Waals surface area contributed by atoms with Crippen LogP contribution in [0.15, 0.2) is 12.2 Å². The number of hydrogen-bond acceptors (Lipinski definition) is 3. The minimum Gasteiger partial charge on any atom is -0.460 e. The van der Waals surface area contributed by atoms with Gasteiger partial charge in [-0.05, 0) is 19.8 Å². The highest BCUT2D eigenvalue weighted by Crippen LogP contribution is 2.01. The number of hydrogen-bond donors (Lipinski definition) is 0. The molecule has 0 saturated carbocycles. The third-order valence-corrected chi connectivity index (χ3v) is 2.25. The molecule has 0 fully saturated rings. The standard InChI is InChI=1S/C12H21ClO3/c1-11(2)12(14)16-10-9-15-8-6-4-3-5-7-13/h1,3-10H2,2H3.